The molecular formula is C15H18N4O4. The topological polar surface area (TPSA) is 138 Å². The van der Waals surface area contributed by atoms with Crippen molar-refractivity contribution in [3.63, 3.8) is 0 Å². The molecule has 0 aromatic heterocycles. The van der Waals surface area contributed by atoms with Gasteiger partial charge < -0.3 is 21.0 Å². The molecule has 0 aliphatic carbocycles. The summed E-state index contributed by atoms with van der Waals surface area (Å²) >= 11 is 0. The van der Waals surface area contributed by atoms with Crippen LogP contribution in [0.2, 0.25) is 0 Å². The van der Waals surface area contributed by atoms with Crippen LogP contribution in [-0.4, -0.2) is 41.2 Å². The lowest BCUT2D eigenvalue weighted by atomic mass is 10.0. The maximum Gasteiger partial charge on any atom is 0.305 e. The van der Waals surface area contributed by atoms with Gasteiger partial charge in [-0.1, -0.05) is 29.4 Å². The van der Waals surface area contributed by atoms with Gasteiger partial charge in [-0.25, -0.2) is 0 Å². The van der Waals surface area contributed by atoms with Crippen LogP contribution in [0.5, 0.6) is 0 Å². The number of benzene rings is 1. The summed E-state index contributed by atoms with van der Waals surface area (Å²) in [5.74, 6) is -1.22. The van der Waals surface area contributed by atoms with Crippen molar-refractivity contribution in [1.29, 1.82) is 5.41 Å². The number of amides is 1. The van der Waals surface area contributed by atoms with Crippen molar-refractivity contribution >= 4 is 23.4 Å². The molecule has 122 valence electrons. The molecule has 0 radical (unpaired) electrons. The largest absolute Gasteiger partial charge is 0.481 e. The summed E-state index contributed by atoms with van der Waals surface area (Å²) < 4.78 is 0. The smallest absolute Gasteiger partial charge is 0.305 e. The molecule has 0 bridgehead atoms. The third kappa shape index (κ3) is 4.80. The molecule has 0 saturated carbocycles. The number of nitrogen functional groups attached to an aromatic ring is 1. The first kappa shape index (κ1) is 16.5. The Bertz CT molecular complexity index is 639. The third-order valence-electron chi connectivity index (χ3n) is 3.34. The number of carboxylic acids is 1. The van der Waals surface area contributed by atoms with Crippen molar-refractivity contribution in [3.8, 4) is 0 Å². The second-order valence-corrected chi connectivity index (χ2v) is 5.16. The fourth-order valence-corrected chi connectivity index (χ4v) is 2.14. The lowest BCUT2D eigenvalue weighted by Crippen LogP contribution is -2.29. The summed E-state index contributed by atoms with van der Waals surface area (Å²) in [5, 5.41) is 22.4. The zero-order valence-electron chi connectivity index (χ0n) is 12.4. The maximum atomic E-state index is 11.7. The van der Waals surface area contributed by atoms with E-state index < -0.39 is 5.97 Å². The number of amidine groups is 1. The van der Waals surface area contributed by atoms with Crippen molar-refractivity contribution in [3.05, 3.63) is 35.4 Å². The van der Waals surface area contributed by atoms with Crippen LogP contribution in [0.3, 0.4) is 0 Å². The third-order valence-corrected chi connectivity index (χ3v) is 3.34. The number of nitrogens with two attached hydrogens (primary N) is 1. The summed E-state index contributed by atoms with van der Waals surface area (Å²) in [7, 11) is 0. The number of carboxylic acid groups (broad SMARTS) is 1. The van der Waals surface area contributed by atoms with E-state index in [0.717, 1.165) is 11.3 Å². The van der Waals surface area contributed by atoms with Crippen molar-refractivity contribution in [1.82, 2.24) is 5.32 Å². The molecular weight excluding hydrogens is 300 g/mol. The molecule has 0 fully saturated rings. The van der Waals surface area contributed by atoms with Crippen LogP contribution < -0.4 is 11.1 Å². The lowest BCUT2D eigenvalue weighted by molar-refractivity contribution is -0.136. The van der Waals surface area contributed by atoms with Crippen LogP contribution in [0, 0.1) is 5.41 Å². The number of hydrogen-bond acceptors (Lipinski definition) is 5. The summed E-state index contributed by atoms with van der Waals surface area (Å²) in [4.78, 5) is 27.3. The van der Waals surface area contributed by atoms with Gasteiger partial charge in [0.15, 0.2) is 0 Å². The molecule has 23 heavy (non-hydrogen) atoms. The monoisotopic (exact) mass is 318 g/mol. The van der Waals surface area contributed by atoms with Gasteiger partial charge in [-0.15, -0.1) is 0 Å². The highest BCUT2D eigenvalue weighted by Crippen LogP contribution is 2.19. The number of carbonyl (C=O) groups is 2. The molecule has 0 spiro atoms. The van der Waals surface area contributed by atoms with Gasteiger partial charge >= 0.3 is 5.97 Å². The van der Waals surface area contributed by atoms with E-state index in [-0.39, 0.29) is 37.2 Å². The van der Waals surface area contributed by atoms with Gasteiger partial charge in [-0.3, -0.25) is 15.0 Å². The molecule has 1 atom stereocenters. The van der Waals surface area contributed by atoms with E-state index in [2.05, 4.69) is 10.5 Å². The van der Waals surface area contributed by atoms with Gasteiger partial charge in [0.05, 0.1) is 18.6 Å². The highest BCUT2D eigenvalue weighted by Gasteiger charge is 2.24. The highest BCUT2D eigenvalue weighted by atomic mass is 16.6. The second kappa shape index (κ2) is 7.39. The van der Waals surface area contributed by atoms with Gasteiger partial charge in [0.2, 0.25) is 5.91 Å². The first-order chi connectivity index (χ1) is 11.0. The normalized spacial score (nSPS) is 16.3. The zero-order chi connectivity index (χ0) is 16.8. The molecule has 8 heteroatoms. The van der Waals surface area contributed by atoms with E-state index in [9.17, 15) is 9.59 Å². The summed E-state index contributed by atoms with van der Waals surface area (Å²) in [6, 6.07) is 7.06. The minimum absolute atomic E-state index is 0.00271. The van der Waals surface area contributed by atoms with Crippen LogP contribution in [0.1, 0.15) is 30.4 Å². The summed E-state index contributed by atoms with van der Waals surface area (Å²) in [5.41, 5.74) is 7.60. The lowest BCUT2D eigenvalue weighted by Gasteiger charge is -2.08. The molecule has 2 rings (SSSR count). The summed E-state index contributed by atoms with van der Waals surface area (Å²) in [6.45, 7) is 0.0983. The SMILES string of the molecule is N=C(N)c1ccc(C2=NOC(CC(=O)NCCC(=O)O)C2)cc1. The van der Waals surface area contributed by atoms with E-state index in [1.165, 1.54) is 0 Å². The molecule has 1 aromatic carbocycles. The summed E-state index contributed by atoms with van der Waals surface area (Å²) in [6.07, 6.45) is 0.146. The molecule has 1 aliphatic heterocycles. The quantitative estimate of drug-likeness (QED) is 0.427. The van der Waals surface area contributed by atoms with Gasteiger partial charge in [0, 0.05) is 18.5 Å². The average Bonchev–Trinajstić information content (AvgIpc) is 2.95. The molecule has 1 aliphatic rings. The van der Waals surface area contributed by atoms with Gasteiger partial charge in [0.1, 0.15) is 11.9 Å². The fraction of sp³-hybridized carbons (Fsp3) is 0.333. The zero-order valence-corrected chi connectivity index (χ0v) is 12.4. The number of aliphatic carboxylic acids is 1. The maximum absolute atomic E-state index is 11.7. The van der Waals surface area contributed by atoms with Crippen LogP contribution >= 0.6 is 0 Å². The Hall–Kier alpha value is -2.90. The molecule has 0 saturated heterocycles. The minimum atomic E-state index is -0.956. The number of nitrogens with one attached hydrogen (secondary N) is 2. The number of hydrogen-bond donors (Lipinski definition) is 4. The second-order valence-electron chi connectivity index (χ2n) is 5.16. The Labute approximate surface area is 132 Å². The number of carbonyl (C=O) groups excluding carboxylic acids is 1. The van der Waals surface area contributed by atoms with Gasteiger partial charge in [-0.2, -0.15) is 0 Å². The molecule has 5 N–H and O–H groups in total. The standard InChI is InChI=1S/C15H18N4O4/c16-15(17)10-3-1-9(2-4-10)12-7-11(23-19-12)8-13(20)18-6-5-14(21)22/h1-4,11H,5-8H2,(H3,16,17)(H,18,20)(H,21,22). The number of rotatable bonds is 7. The predicted octanol–water partition coefficient (Wildman–Crippen LogP) is 0.445. The first-order valence-corrected chi connectivity index (χ1v) is 7.11. The van der Waals surface area contributed by atoms with Crippen LogP contribution in [0.25, 0.3) is 0 Å². The van der Waals surface area contributed by atoms with E-state index in [0.29, 0.717) is 12.0 Å². The van der Waals surface area contributed by atoms with Crippen molar-refractivity contribution < 1.29 is 19.5 Å². The molecule has 1 heterocycles. The highest BCUT2D eigenvalue weighted by molar-refractivity contribution is 6.02. The molecule has 1 amide bonds. The van der Waals surface area contributed by atoms with Gasteiger partial charge in [0.25, 0.3) is 0 Å². The van der Waals surface area contributed by atoms with E-state index >= 15 is 0 Å². The Morgan fingerprint density at radius 1 is 1.39 bits per heavy atom. The number of nitrogens with zero attached hydrogens (tertiary/aromatic N) is 1. The molecule has 1 unspecified atom stereocenters. The van der Waals surface area contributed by atoms with E-state index in [4.69, 9.17) is 21.1 Å². The van der Waals surface area contributed by atoms with E-state index in [1.54, 1.807) is 24.3 Å². The van der Waals surface area contributed by atoms with Crippen LogP contribution in [0.15, 0.2) is 29.4 Å². The van der Waals surface area contributed by atoms with E-state index in [1.807, 2.05) is 0 Å². The first-order valence-electron chi connectivity index (χ1n) is 7.11. The van der Waals surface area contributed by atoms with Crippen LogP contribution in [0.4, 0.5) is 0 Å². The average molecular weight is 318 g/mol. The Balaban J connectivity index is 1.82. The molecule has 8 nitrogen and oxygen atoms in total. The molecule has 1 aromatic rings. The Morgan fingerprint density at radius 2 is 2.09 bits per heavy atom. The number of oxime groups is 1. The fourth-order valence-electron chi connectivity index (χ4n) is 2.14. The Morgan fingerprint density at radius 3 is 2.70 bits per heavy atom. The van der Waals surface area contributed by atoms with Gasteiger partial charge in [-0.05, 0) is 5.56 Å². The Kier molecular flexibility index (Phi) is 5.29. The minimum Gasteiger partial charge on any atom is -0.481 e. The van der Waals surface area contributed by atoms with Crippen molar-refractivity contribution in [2.24, 2.45) is 10.9 Å². The van der Waals surface area contributed by atoms with Crippen molar-refractivity contribution in [2.45, 2.75) is 25.4 Å². The van der Waals surface area contributed by atoms with Crippen LogP contribution in [-0.2, 0) is 14.4 Å². The predicted molar refractivity (Wildman–Crippen MR) is 83.4 cm³/mol. The van der Waals surface area contributed by atoms with Crippen molar-refractivity contribution in [2.75, 3.05) is 6.54 Å².